The van der Waals surface area contributed by atoms with Gasteiger partial charge >= 0.3 is 0 Å². The third kappa shape index (κ3) is 3.63. The van der Waals surface area contributed by atoms with E-state index in [1.54, 1.807) is 0 Å². The van der Waals surface area contributed by atoms with Crippen molar-refractivity contribution in [2.45, 2.75) is 6.42 Å². The van der Waals surface area contributed by atoms with E-state index >= 15 is 0 Å². The lowest BCUT2D eigenvalue weighted by molar-refractivity contribution is 1.41. The molecule has 200 valence electrons. The molecular weight excluding hydrogens is 516 g/mol. The third-order valence-corrected chi connectivity index (χ3v) is 9.25. The van der Waals surface area contributed by atoms with E-state index in [4.69, 9.17) is 0 Å². The molecule has 43 heavy (non-hydrogen) atoms. The van der Waals surface area contributed by atoms with Gasteiger partial charge in [-0.05, 0) is 94.4 Å². The summed E-state index contributed by atoms with van der Waals surface area (Å²) in [4.78, 5) is 0. The summed E-state index contributed by atoms with van der Waals surface area (Å²) in [5.41, 5.74) is 13.0. The molecule has 9 rings (SSSR count). The van der Waals surface area contributed by atoms with Crippen LogP contribution >= 0.6 is 0 Å². The molecule has 0 bridgehead atoms. The summed E-state index contributed by atoms with van der Waals surface area (Å²) < 4.78 is 0. The number of benzene rings is 7. The highest BCUT2D eigenvalue weighted by molar-refractivity contribution is 6.28. The molecule has 0 aliphatic heterocycles. The molecule has 0 heteroatoms. The highest BCUT2D eigenvalue weighted by Crippen LogP contribution is 2.51. The lowest BCUT2D eigenvalue weighted by Gasteiger charge is -2.19. The standard InChI is InChI=1S/C43H28/c1-3-12-28(13-4-1)29-22-24-30(25-23-29)41-34-16-7-9-18-36(34)43(37-19-10-8-17-35(37)41)40-27-26-39-32-15-6-2-5-14-31(32)33-20-11-21-38(40)42(33)39/h1-5,7-27H,6H2. The molecule has 0 fully saturated rings. The van der Waals surface area contributed by atoms with Gasteiger partial charge in [0.2, 0.25) is 0 Å². The van der Waals surface area contributed by atoms with Crippen molar-refractivity contribution >= 4 is 43.5 Å². The maximum absolute atomic E-state index is 2.38. The van der Waals surface area contributed by atoms with Crippen LogP contribution in [0.1, 0.15) is 17.5 Å². The van der Waals surface area contributed by atoms with Gasteiger partial charge in [-0.15, -0.1) is 0 Å². The van der Waals surface area contributed by atoms with E-state index in [1.165, 1.54) is 88.0 Å². The summed E-state index contributed by atoms with van der Waals surface area (Å²) in [6.07, 6.45) is 10.1. The van der Waals surface area contributed by atoms with E-state index in [0.717, 1.165) is 6.42 Å². The predicted molar refractivity (Wildman–Crippen MR) is 185 cm³/mol. The summed E-state index contributed by atoms with van der Waals surface area (Å²) in [6.45, 7) is 0. The average Bonchev–Trinajstić information content (AvgIpc) is 3.20. The fourth-order valence-corrected chi connectivity index (χ4v) is 7.38. The highest BCUT2D eigenvalue weighted by Gasteiger charge is 2.26. The van der Waals surface area contributed by atoms with Crippen LogP contribution in [0.3, 0.4) is 0 Å². The SMILES string of the molecule is C1=CCC=C2C(=C1)c1cccc3c(-c4c5ccccc5c(-c5ccc(-c6ccccc6)cc5)c5ccccc45)ccc2c13. The second-order valence-electron chi connectivity index (χ2n) is 11.5. The van der Waals surface area contributed by atoms with Crippen molar-refractivity contribution in [1.82, 2.24) is 0 Å². The number of allylic oxidation sites excluding steroid dienone is 6. The Kier molecular flexibility index (Phi) is 5.36. The Balaban J connectivity index is 1.33. The minimum Gasteiger partial charge on any atom is -0.0807 e. The van der Waals surface area contributed by atoms with Crippen LogP contribution < -0.4 is 0 Å². The minimum atomic E-state index is 0.968. The van der Waals surface area contributed by atoms with Gasteiger partial charge in [0.05, 0.1) is 0 Å². The largest absolute Gasteiger partial charge is 0.0807 e. The molecular formula is C43H28. The zero-order valence-corrected chi connectivity index (χ0v) is 23.7. The van der Waals surface area contributed by atoms with Crippen LogP contribution in [-0.2, 0) is 0 Å². The van der Waals surface area contributed by atoms with Crippen molar-refractivity contribution in [3.8, 4) is 33.4 Å². The monoisotopic (exact) mass is 544 g/mol. The minimum absolute atomic E-state index is 0.968. The highest BCUT2D eigenvalue weighted by atomic mass is 14.3. The Morgan fingerprint density at radius 2 is 0.930 bits per heavy atom. The van der Waals surface area contributed by atoms with Gasteiger partial charge in [-0.25, -0.2) is 0 Å². The fourth-order valence-electron chi connectivity index (χ4n) is 7.38. The fraction of sp³-hybridized carbons (Fsp3) is 0.0233. The molecule has 0 atom stereocenters. The molecule has 0 amide bonds. The van der Waals surface area contributed by atoms with Gasteiger partial charge in [-0.2, -0.15) is 0 Å². The molecule has 0 spiro atoms. The number of hydrogen-bond acceptors (Lipinski definition) is 0. The van der Waals surface area contributed by atoms with Crippen molar-refractivity contribution in [1.29, 1.82) is 0 Å². The molecule has 0 radical (unpaired) electrons. The Bertz CT molecular complexity index is 2270. The van der Waals surface area contributed by atoms with E-state index in [1.807, 2.05) is 0 Å². The van der Waals surface area contributed by atoms with Gasteiger partial charge in [0.25, 0.3) is 0 Å². The van der Waals surface area contributed by atoms with Crippen LogP contribution in [0.15, 0.2) is 158 Å². The molecule has 0 heterocycles. The first-order chi connectivity index (χ1) is 21.4. The molecule has 0 N–H and O–H groups in total. The Labute approximate surface area is 251 Å². The third-order valence-electron chi connectivity index (χ3n) is 9.25. The Morgan fingerprint density at radius 3 is 1.65 bits per heavy atom. The molecule has 0 aromatic heterocycles. The van der Waals surface area contributed by atoms with E-state index in [-0.39, 0.29) is 0 Å². The first-order valence-electron chi connectivity index (χ1n) is 15.1. The summed E-state index contributed by atoms with van der Waals surface area (Å²) >= 11 is 0. The molecule has 0 saturated heterocycles. The summed E-state index contributed by atoms with van der Waals surface area (Å²) in [6, 6.07) is 49.2. The Morgan fingerprint density at radius 1 is 0.372 bits per heavy atom. The van der Waals surface area contributed by atoms with Gasteiger partial charge < -0.3 is 0 Å². The molecule has 7 aromatic rings. The van der Waals surface area contributed by atoms with Crippen LogP contribution in [0, 0.1) is 0 Å². The van der Waals surface area contributed by atoms with E-state index in [0.29, 0.717) is 0 Å². The average molecular weight is 545 g/mol. The van der Waals surface area contributed by atoms with Crippen LogP contribution in [-0.4, -0.2) is 0 Å². The molecule has 7 aromatic carbocycles. The van der Waals surface area contributed by atoms with E-state index in [9.17, 15) is 0 Å². The van der Waals surface area contributed by atoms with Crippen LogP contribution in [0.25, 0.3) is 76.8 Å². The summed E-state index contributed by atoms with van der Waals surface area (Å²) in [7, 11) is 0. The zero-order chi connectivity index (χ0) is 28.3. The van der Waals surface area contributed by atoms with Gasteiger partial charge in [-0.1, -0.05) is 158 Å². The molecule has 2 aliphatic rings. The van der Waals surface area contributed by atoms with Gasteiger partial charge in [0.1, 0.15) is 0 Å². The normalized spacial score (nSPS) is 13.7. The van der Waals surface area contributed by atoms with Crippen LogP contribution in [0.4, 0.5) is 0 Å². The van der Waals surface area contributed by atoms with Crippen molar-refractivity contribution in [3.63, 3.8) is 0 Å². The van der Waals surface area contributed by atoms with Gasteiger partial charge in [0.15, 0.2) is 0 Å². The van der Waals surface area contributed by atoms with Gasteiger partial charge in [0, 0.05) is 0 Å². The first kappa shape index (κ1) is 24.2. The second-order valence-corrected chi connectivity index (χ2v) is 11.5. The maximum Gasteiger partial charge on any atom is -0.00201 e. The smallest absolute Gasteiger partial charge is 0.00201 e. The zero-order valence-electron chi connectivity index (χ0n) is 23.7. The molecule has 0 nitrogen and oxygen atoms in total. The molecule has 0 saturated carbocycles. The Hall–Kier alpha value is -5.46. The summed E-state index contributed by atoms with van der Waals surface area (Å²) in [5.74, 6) is 0. The van der Waals surface area contributed by atoms with E-state index in [2.05, 4.69) is 158 Å². The number of rotatable bonds is 3. The van der Waals surface area contributed by atoms with Crippen molar-refractivity contribution in [2.24, 2.45) is 0 Å². The maximum atomic E-state index is 2.38. The topological polar surface area (TPSA) is 0 Å². The van der Waals surface area contributed by atoms with Crippen LogP contribution in [0.2, 0.25) is 0 Å². The lowest BCUT2D eigenvalue weighted by atomic mass is 9.84. The van der Waals surface area contributed by atoms with Crippen molar-refractivity contribution < 1.29 is 0 Å². The number of fused-ring (bicyclic) bond motifs is 5. The quantitative estimate of drug-likeness (QED) is 0.194. The van der Waals surface area contributed by atoms with Gasteiger partial charge in [-0.3, -0.25) is 0 Å². The number of hydrogen-bond donors (Lipinski definition) is 0. The second kappa shape index (κ2) is 9.54. The predicted octanol–water partition coefficient (Wildman–Crippen LogP) is 11.9. The molecule has 2 aliphatic carbocycles. The summed E-state index contributed by atoms with van der Waals surface area (Å²) in [5, 5.41) is 7.85. The van der Waals surface area contributed by atoms with Crippen molar-refractivity contribution in [2.75, 3.05) is 0 Å². The molecule has 0 unspecified atom stereocenters. The van der Waals surface area contributed by atoms with E-state index < -0.39 is 0 Å². The first-order valence-corrected chi connectivity index (χ1v) is 15.1. The lowest BCUT2D eigenvalue weighted by Crippen LogP contribution is -1.92. The van der Waals surface area contributed by atoms with Crippen molar-refractivity contribution in [3.05, 3.63) is 169 Å². The van der Waals surface area contributed by atoms with Crippen LogP contribution in [0.5, 0.6) is 0 Å².